The first-order valence-electron chi connectivity index (χ1n) is 8.68. The Bertz CT molecular complexity index is 709. The zero-order chi connectivity index (χ0) is 19.2. The summed E-state index contributed by atoms with van der Waals surface area (Å²) in [6.45, 7) is 5.54. The molecule has 9 heteroatoms. The second kappa shape index (κ2) is 9.29. The van der Waals surface area contributed by atoms with Gasteiger partial charge in [-0.2, -0.15) is 0 Å². The lowest BCUT2D eigenvalue weighted by molar-refractivity contribution is -0.0604. The van der Waals surface area contributed by atoms with Gasteiger partial charge in [-0.25, -0.2) is 17.5 Å². The summed E-state index contributed by atoms with van der Waals surface area (Å²) in [6.07, 6.45) is -0.201. The van der Waals surface area contributed by atoms with Crippen molar-refractivity contribution in [1.29, 1.82) is 0 Å². The Balaban J connectivity index is 1.95. The topological polar surface area (TPSA) is 83.0 Å². The molecule has 1 aromatic carbocycles. The van der Waals surface area contributed by atoms with Crippen LogP contribution in [-0.2, 0) is 14.8 Å². The molecule has 2 unspecified atom stereocenters. The van der Waals surface area contributed by atoms with E-state index < -0.39 is 10.0 Å². The summed E-state index contributed by atoms with van der Waals surface area (Å²) < 4.78 is 44.6. The van der Waals surface area contributed by atoms with Crippen molar-refractivity contribution in [2.45, 2.75) is 26.1 Å². The van der Waals surface area contributed by atoms with Gasteiger partial charge in [-0.05, 0) is 31.5 Å². The Morgan fingerprint density at radius 1 is 1.31 bits per heavy atom. The molecule has 2 atom stereocenters. The van der Waals surface area contributed by atoms with Gasteiger partial charge in [0, 0.05) is 26.7 Å². The number of ether oxygens (including phenoxy) is 1. The number of halogens is 1. The molecule has 1 aliphatic rings. The molecule has 0 spiro atoms. The van der Waals surface area contributed by atoms with Crippen molar-refractivity contribution < 1.29 is 17.5 Å². The Labute approximate surface area is 154 Å². The predicted molar refractivity (Wildman–Crippen MR) is 100 cm³/mol. The fraction of sp³-hybridized carbons (Fsp3) is 0.588. The summed E-state index contributed by atoms with van der Waals surface area (Å²) in [5.74, 6) is 0.464. The van der Waals surface area contributed by atoms with E-state index in [-0.39, 0.29) is 30.3 Å². The third-order valence-corrected chi connectivity index (χ3v) is 5.53. The molecule has 0 radical (unpaired) electrons. The summed E-state index contributed by atoms with van der Waals surface area (Å²) in [7, 11) is -1.51. The highest BCUT2D eigenvalue weighted by atomic mass is 32.2. The summed E-state index contributed by atoms with van der Waals surface area (Å²) in [5, 5.41) is 3.17. The van der Waals surface area contributed by atoms with Gasteiger partial charge < -0.3 is 15.0 Å². The predicted octanol–water partition coefficient (Wildman–Crippen LogP) is 1.10. The number of morpholine rings is 1. The summed E-state index contributed by atoms with van der Waals surface area (Å²) >= 11 is 0. The quantitative estimate of drug-likeness (QED) is 0.435. The van der Waals surface area contributed by atoms with Crippen LogP contribution in [0, 0.1) is 5.82 Å². The van der Waals surface area contributed by atoms with E-state index in [1.807, 2.05) is 6.92 Å². The van der Waals surface area contributed by atoms with Gasteiger partial charge in [0.2, 0.25) is 10.0 Å². The maximum Gasteiger partial charge on any atom is 0.211 e. The Morgan fingerprint density at radius 3 is 2.62 bits per heavy atom. The Kier molecular flexibility index (Phi) is 7.36. The maximum atomic E-state index is 13.1. The van der Waals surface area contributed by atoms with Crippen LogP contribution in [0.15, 0.2) is 29.3 Å². The van der Waals surface area contributed by atoms with Crippen LogP contribution in [0.2, 0.25) is 0 Å². The SMILES string of the molecule is CCS(=O)(=O)NCCNC(=NC)N1CC(C)OC(c2ccc(F)cc2)C1. The van der Waals surface area contributed by atoms with Gasteiger partial charge >= 0.3 is 0 Å². The number of sulfonamides is 1. The van der Waals surface area contributed by atoms with E-state index in [0.717, 1.165) is 5.56 Å². The minimum atomic E-state index is -3.20. The van der Waals surface area contributed by atoms with Gasteiger partial charge in [-0.3, -0.25) is 4.99 Å². The molecule has 0 bridgehead atoms. The zero-order valence-corrected chi connectivity index (χ0v) is 16.2. The van der Waals surface area contributed by atoms with Gasteiger partial charge in [-0.15, -0.1) is 0 Å². The molecule has 7 nitrogen and oxygen atoms in total. The zero-order valence-electron chi connectivity index (χ0n) is 15.4. The molecule has 0 amide bonds. The fourth-order valence-corrected chi connectivity index (χ4v) is 3.42. The van der Waals surface area contributed by atoms with E-state index in [4.69, 9.17) is 4.74 Å². The smallest absolute Gasteiger partial charge is 0.211 e. The highest BCUT2D eigenvalue weighted by molar-refractivity contribution is 7.89. The number of nitrogens with one attached hydrogen (secondary N) is 2. The standard InChI is InChI=1S/C17H27FN4O3S/c1-4-26(23,24)21-10-9-20-17(19-3)22-11-13(2)25-16(12-22)14-5-7-15(18)8-6-14/h5-8,13,16,21H,4,9-12H2,1-3H3,(H,19,20). The number of guanidine groups is 1. The van der Waals surface area contributed by atoms with E-state index in [1.54, 1.807) is 26.1 Å². The average Bonchev–Trinajstić information content (AvgIpc) is 2.62. The van der Waals surface area contributed by atoms with Crippen LogP contribution in [0.25, 0.3) is 0 Å². The van der Waals surface area contributed by atoms with E-state index in [2.05, 4.69) is 19.9 Å². The molecule has 146 valence electrons. The highest BCUT2D eigenvalue weighted by Crippen LogP contribution is 2.25. The van der Waals surface area contributed by atoms with Crippen molar-refractivity contribution >= 4 is 16.0 Å². The third kappa shape index (κ3) is 5.93. The first-order valence-corrected chi connectivity index (χ1v) is 10.3. The van der Waals surface area contributed by atoms with Crippen molar-refractivity contribution in [2.24, 2.45) is 4.99 Å². The van der Waals surface area contributed by atoms with Crippen molar-refractivity contribution in [2.75, 3.05) is 39.0 Å². The first kappa shape index (κ1) is 20.6. The average molecular weight is 386 g/mol. The summed E-state index contributed by atoms with van der Waals surface area (Å²) in [5.41, 5.74) is 0.911. The fourth-order valence-electron chi connectivity index (χ4n) is 2.80. The molecule has 2 N–H and O–H groups in total. The monoisotopic (exact) mass is 386 g/mol. The number of benzene rings is 1. The Morgan fingerprint density at radius 2 is 2.00 bits per heavy atom. The minimum absolute atomic E-state index is 0.0176. The molecule has 26 heavy (non-hydrogen) atoms. The van der Waals surface area contributed by atoms with E-state index in [1.165, 1.54) is 12.1 Å². The molecular weight excluding hydrogens is 359 g/mol. The number of hydrogen-bond acceptors (Lipinski definition) is 4. The minimum Gasteiger partial charge on any atom is -0.367 e. The molecular formula is C17H27FN4O3S. The van der Waals surface area contributed by atoms with E-state index >= 15 is 0 Å². The summed E-state index contributed by atoms with van der Waals surface area (Å²) in [4.78, 5) is 6.35. The molecule has 0 aliphatic carbocycles. The van der Waals surface area contributed by atoms with Crippen molar-refractivity contribution in [3.05, 3.63) is 35.6 Å². The molecule has 1 aliphatic heterocycles. The summed E-state index contributed by atoms with van der Waals surface area (Å²) in [6, 6.07) is 6.31. The molecule has 1 fully saturated rings. The lowest BCUT2D eigenvalue weighted by Crippen LogP contribution is -2.51. The Hall–Kier alpha value is -1.71. The van der Waals surface area contributed by atoms with Crippen molar-refractivity contribution in [3.8, 4) is 0 Å². The van der Waals surface area contributed by atoms with Gasteiger partial charge in [0.15, 0.2) is 5.96 Å². The first-order chi connectivity index (χ1) is 12.3. The lowest BCUT2D eigenvalue weighted by Gasteiger charge is -2.38. The van der Waals surface area contributed by atoms with E-state index in [0.29, 0.717) is 25.6 Å². The third-order valence-electron chi connectivity index (χ3n) is 4.12. The highest BCUT2D eigenvalue weighted by Gasteiger charge is 2.28. The normalized spacial score (nSPS) is 21.7. The number of aliphatic imine (C=N–C) groups is 1. The molecule has 0 saturated carbocycles. The van der Waals surface area contributed by atoms with Crippen LogP contribution < -0.4 is 10.0 Å². The largest absolute Gasteiger partial charge is 0.367 e. The van der Waals surface area contributed by atoms with Gasteiger partial charge in [0.1, 0.15) is 11.9 Å². The van der Waals surface area contributed by atoms with Crippen LogP contribution in [0.4, 0.5) is 4.39 Å². The molecule has 0 aromatic heterocycles. The van der Waals surface area contributed by atoms with Crippen LogP contribution in [0.1, 0.15) is 25.5 Å². The van der Waals surface area contributed by atoms with Crippen LogP contribution >= 0.6 is 0 Å². The van der Waals surface area contributed by atoms with Crippen LogP contribution in [-0.4, -0.2) is 64.4 Å². The maximum absolute atomic E-state index is 13.1. The number of nitrogens with zero attached hydrogens (tertiary/aromatic N) is 2. The van der Waals surface area contributed by atoms with Gasteiger partial charge in [0.05, 0.1) is 18.4 Å². The molecule has 1 saturated heterocycles. The van der Waals surface area contributed by atoms with Crippen molar-refractivity contribution in [1.82, 2.24) is 14.9 Å². The van der Waals surface area contributed by atoms with Gasteiger partial charge in [0.25, 0.3) is 0 Å². The van der Waals surface area contributed by atoms with Crippen LogP contribution in [0.3, 0.4) is 0 Å². The number of hydrogen-bond donors (Lipinski definition) is 2. The molecule has 2 rings (SSSR count). The van der Waals surface area contributed by atoms with Crippen molar-refractivity contribution in [3.63, 3.8) is 0 Å². The van der Waals surface area contributed by atoms with Gasteiger partial charge in [-0.1, -0.05) is 12.1 Å². The lowest BCUT2D eigenvalue weighted by atomic mass is 10.1. The second-order valence-electron chi connectivity index (χ2n) is 6.16. The molecule has 1 aromatic rings. The second-order valence-corrected chi connectivity index (χ2v) is 8.26. The van der Waals surface area contributed by atoms with E-state index in [9.17, 15) is 12.8 Å². The van der Waals surface area contributed by atoms with Crippen LogP contribution in [0.5, 0.6) is 0 Å². The number of rotatable bonds is 6. The molecule has 1 heterocycles.